The third-order valence-electron chi connectivity index (χ3n) is 8.02. The number of benzene rings is 1. The van der Waals surface area contributed by atoms with Crippen LogP contribution in [0.2, 0.25) is 0 Å². The number of hydrogen-bond acceptors (Lipinski definition) is 3. The number of aromatic nitrogens is 1. The molecule has 1 aliphatic heterocycles. The van der Waals surface area contributed by atoms with Crippen LogP contribution in [0.1, 0.15) is 74.5 Å². The normalized spacial score (nSPS) is 25.3. The zero-order chi connectivity index (χ0) is 21.8. The van der Waals surface area contributed by atoms with Crippen LogP contribution < -0.4 is 0 Å². The minimum atomic E-state index is -0.383. The van der Waals surface area contributed by atoms with E-state index in [0.29, 0.717) is 24.5 Å². The number of allylic oxidation sites excluding steroid dienone is 3. The predicted octanol–water partition coefficient (Wildman–Crippen LogP) is 6.04. The van der Waals surface area contributed by atoms with E-state index >= 15 is 0 Å². The Morgan fingerprint density at radius 1 is 1.12 bits per heavy atom. The molecule has 32 heavy (non-hydrogen) atoms. The zero-order valence-electron chi connectivity index (χ0n) is 18.6. The second kappa shape index (κ2) is 7.61. The van der Waals surface area contributed by atoms with Crippen molar-refractivity contribution in [3.05, 3.63) is 64.4 Å². The Morgan fingerprint density at radius 2 is 1.97 bits per heavy atom. The molecular formula is C28H29NO3. The zero-order valence-corrected chi connectivity index (χ0v) is 18.6. The van der Waals surface area contributed by atoms with Crippen molar-refractivity contribution in [2.24, 2.45) is 5.92 Å². The summed E-state index contributed by atoms with van der Waals surface area (Å²) in [6.45, 7) is 0. The quantitative estimate of drug-likeness (QED) is 0.549. The van der Waals surface area contributed by atoms with Crippen LogP contribution in [0, 0.1) is 5.92 Å². The van der Waals surface area contributed by atoms with Gasteiger partial charge in [-0.15, -0.1) is 0 Å². The number of carbonyl (C=O) groups is 2. The molecule has 2 heterocycles. The van der Waals surface area contributed by atoms with Gasteiger partial charge in [0, 0.05) is 36.0 Å². The summed E-state index contributed by atoms with van der Waals surface area (Å²) >= 11 is 0. The van der Waals surface area contributed by atoms with Gasteiger partial charge in [0.15, 0.2) is 0 Å². The number of rotatable bonds is 2. The highest BCUT2D eigenvalue weighted by molar-refractivity contribution is 5.92. The van der Waals surface area contributed by atoms with Crippen LogP contribution in [0.4, 0.5) is 0 Å². The molecular weight excluding hydrogens is 398 g/mol. The number of methoxy groups -OCH3 is 1. The summed E-state index contributed by atoms with van der Waals surface area (Å²) in [6, 6.07) is 8.96. The molecule has 1 aromatic carbocycles. The maximum absolute atomic E-state index is 12.6. The van der Waals surface area contributed by atoms with Crippen molar-refractivity contribution in [1.29, 1.82) is 0 Å². The highest BCUT2D eigenvalue weighted by Gasteiger charge is 2.38. The number of carbonyl (C=O) groups excluding carboxylic acids is 2. The van der Waals surface area contributed by atoms with Crippen molar-refractivity contribution in [2.45, 2.75) is 63.2 Å². The summed E-state index contributed by atoms with van der Waals surface area (Å²) in [5, 5.41) is 1.24. The van der Waals surface area contributed by atoms with Crippen molar-refractivity contribution in [2.75, 3.05) is 7.11 Å². The molecule has 6 rings (SSSR count). The maximum Gasteiger partial charge on any atom is 0.317 e. The summed E-state index contributed by atoms with van der Waals surface area (Å²) in [5.74, 6) is 0.377. The lowest BCUT2D eigenvalue weighted by Crippen LogP contribution is -2.18. The summed E-state index contributed by atoms with van der Waals surface area (Å²) in [6.07, 6.45) is 14.5. The van der Waals surface area contributed by atoms with E-state index in [-0.39, 0.29) is 17.8 Å². The Kier molecular flexibility index (Phi) is 4.71. The van der Waals surface area contributed by atoms with E-state index in [4.69, 9.17) is 4.74 Å². The van der Waals surface area contributed by atoms with E-state index in [0.717, 1.165) is 17.6 Å². The fraction of sp³-hybridized carbons (Fsp3) is 0.429. The summed E-state index contributed by atoms with van der Waals surface area (Å²) in [5.41, 5.74) is 7.33. The maximum atomic E-state index is 12.6. The van der Waals surface area contributed by atoms with Gasteiger partial charge in [-0.2, -0.15) is 0 Å². The standard InChI is InChI=1S/C28H29NO3/c1-32-28(31)23-13-12-22-21-11-10-19(30)15-24(21)26-14-18-8-5-9-20(17-6-3-2-4-7-17)27(18)29(26)16-25(22)23/h5,8-9,12-14,16-17,23-24H,2-4,6-7,10-11,15H2,1H3. The fourth-order valence-electron chi connectivity index (χ4n) is 6.46. The first-order valence-electron chi connectivity index (χ1n) is 12.0. The van der Waals surface area contributed by atoms with Gasteiger partial charge in [-0.3, -0.25) is 9.59 Å². The molecule has 0 spiro atoms. The predicted molar refractivity (Wildman–Crippen MR) is 125 cm³/mol. The van der Waals surface area contributed by atoms with E-state index in [2.05, 4.69) is 41.1 Å². The Balaban J connectivity index is 1.60. The molecule has 2 aromatic rings. The summed E-state index contributed by atoms with van der Waals surface area (Å²) < 4.78 is 7.46. The van der Waals surface area contributed by atoms with Crippen molar-refractivity contribution < 1.29 is 14.3 Å². The Labute approximate surface area is 188 Å². The number of para-hydroxylation sites is 1. The van der Waals surface area contributed by atoms with Gasteiger partial charge >= 0.3 is 5.97 Å². The summed E-state index contributed by atoms with van der Waals surface area (Å²) in [7, 11) is 1.46. The number of Topliss-reactive ketones (excluding diaryl/α,β-unsaturated/α-hetero) is 1. The molecule has 0 radical (unpaired) electrons. The molecule has 164 valence electrons. The lowest BCUT2D eigenvalue weighted by molar-refractivity contribution is -0.142. The minimum Gasteiger partial charge on any atom is -0.468 e. The van der Waals surface area contributed by atoms with E-state index in [1.54, 1.807) is 0 Å². The van der Waals surface area contributed by atoms with Crippen molar-refractivity contribution in [3.8, 4) is 0 Å². The van der Waals surface area contributed by atoms with E-state index in [1.165, 1.54) is 66.9 Å². The molecule has 2 saturated carbocycles. The van der Waals surface area contributed by atoms with Crippen LogP contribution in [-0.4, -0.2) is 23.4 Å². The van der Waals surface area contributed by atoms with Crippen LogP contribution in [0.25, 0.3) is 17.1 Å². The van der Waals surface area contributed by atoms with Crippen molar-refractivity contribution in [1.82, 2.24) is 4.57 Å². The molecule has 4 heteroatoms. The van der Waals surface area contributed by atoms with Crippen LogP contribution in [0.5, 0.6) is 0 Å². The average molecular weight is 428 g/mol. The number of hydrogen-bond donors (Lipinski definition) is 0. The molecule has 2 atom stereocenters. The second-order valence-electron chi connectivity index (χ2n) is 9.74. The molecule has 0 N–H and O–H groups in total. The summed E-state index contributed by atoms with van der Waals surface area (Å²) in [4.78, 5) is 25.2. The van der Waals surface area contributed by atoms with Gasteiger partial charge in [0.2, 0.25) is 0 Å². The molecule has 3 aliphatic carbocycles. The molecule has 1 aromatic heterocycles. The number of fused-ring (bicyclic) bond motifs is 6. The first-order valence-corrected chi connectivity index (χ1v) is 12.0. The van der Waals surface area contributed by atoms with Crippen molar-refractivity contribution >= 4 is 28.9 Å². The molecule has 0 bridgehead atoms. The van der Waals surface area contributed by atoms with E-state index in [1.807, 2.05) is 6.08 Å². The molecule has 4 nitrogen and oxygen atoms in total. The molecule has 2 unspecified atom stereocenters. The largest absolute Gasteiger partial charge is 0.468 e. The van der Waals surface area contributed by atoms with E-state index < -0.39 is 0 Å². The number of nitrogens with zero attached hydrogens (tertiary/aromatic N) is 1. The van der Waals surface area contributed by atoms with Gasteiger partial charge in [-0.25, -0.2) is 0 Å². The second-order valence-corrected chi connectivity index (χ2v) is 9.74. The molecule has 0 amide bonds. The van der Waals surface area contributed by atoms with Crippen LogP contribution in [-0.2, 0) is 14.3 Å². The van der Waals surface area contributed by atoms with Crippen LogP contribution in [0.15, 0.2) is 53.1 Å². The Morgan fingerprint density at radius 3 is 2.78 bits per heavy atom. The highest BCUT2D eigenvalue weighted by atomic mass is 16.5. The number of ketones is 1. The van der Waals surface area contributed by atoms with Gasteiger partial charge in [-0.05, 0) is 48.0 Å². The first-order chi connectivity index (χ1) is 15.7. The van der Waals surface area contributed by atoms with Gasteiger partial charge in [0.25, 0.3) is 0 Å². The molecule has 2 fully saturated rings. The smallest absolute Gasteiger partial charge is 0.317 e. The van der Waals surface area contributed by atoms with Gasteiger partial charge in [0.05, 0.1) is 12.6 Å². The Bertz CT molecular complexity index is 1220. The third kappa shape index (κ3) is 2.96. The van der Waals surface area contributed by atoms with Gasteiger partial charge in [-0.1, -0.05) is 55.2 Å². The lowest BCUT2D eigenvalue weighted by Gasteiger charge is -2.26. The fourth-order valence-corrected chi connectivity index (χ4v) is 6.46. The monoisotopic (exact) mass is 427 g/mol. The third-order valence-corrected chi connectivity index (χ3v) is 8.02. The van der Waals surface area contributed by atoms with Crippen LogP contribution in [0.3, 0.4) is 0 Å². The average Bonchev–Trinajstić information content (AvgIpc) is 3.38. The highest BCUT2D eigenvalue weighted by Crippen LogP contribution is 2.48. The first kappa shape index (κ1) is 19.8. The molecule has 4 aliphatic rings. The number of esters is 1. The van der Waals surface area contributed by atoms with Crippen LogP contribution >= 0.6 is 0 Å². The lowest BCUT2D eigenvalue weighted by atomic mass is 9.78. The van der Waals surface area contributed by atoms with Gasteiger partial charge in [0.1, 0.15) is 11.7 Å². The topological polar surface area (TPSA) is 48.3 Å². The molecule has 0 saturated heterocycles. The SMILES string of the molecule is COC(=O)C1C=CC2=C3CCC(=O)CC3c3cc4cccc(C5CCCCC5)c4n3C=C21. The number of ether oxygens (including phenoxy) is 1. The van der Waals surface area contributed by atoms with Crippen molar-refractivity contribution in [3.63, 3.8) is 0 Å². The van der Waals surface area contributed by atoms with Gasteiger partial charge < -0.3 is 9.30 Å². The Hall–Kier alpha value is -2.88. The van der Waals surface area contributed by atoms with E-state index in [9.17, 15) is 9.59 Å². The minimum absolute atomic E-state index is 0.0765.